The highest BCUT2D eigenvalue weighted by molar-refractivity contribution is 6.30. The van der Waals surface area contributed by atoms with Crippen molar-refractivity contribution in [2.45, 2.75) is 64.1 Å². The molecule has 2 saturated heterocycles. The monoisotopic (exact) mass is 596 g/mol. The van der Waals surface area contributed by atoms with Gasteiger partial charge in [0, 0.05) is 75.8 Å². The van der Waals surface area contributed by atoms with Crippen molar-refractivity contribution < 1.29 is 9.59 Å². The summed E-state index contributed by atoms with van der Waals surface area (Å²) in [4.78, 5) is 31.4. The Morgan fingerprint density at radius 2 is 1.55 bits per heavy atom. The minimum atomic E-state index is -0.649. The molecule has 42 heavy (non-hydrogen) atoms. The van der Waals surface area contributed by atoms with E-state index in [1.807, 2.05) is 59.5 Å². The zero-order valence-electron chi connectivity index (χ0n) is 25.6. The maximum atomic E-state index is 13.9. The maximum Gasteiger partial charge on any atom is 0.245 e. The Labute approximate surface area is 257 Å². The molecule has 0 unspecified atom stereocenters. The molecule has 0 aromatic heterocycles. The summed E-state index contributed by atoms with van der Waals surface area (Å²) < 4.78 is 0. The van der Waals surface area contributed by atoms with Crippen LogP contribution in [0.5, 0.6) is 0 Å². The first-order valence-corrected chi connectivity index (χ1v) is 15.9. The number of carbonyl (C=O) groups is 2. The van der Waals surface area contributed by atoms with Gasteiger partial charge in [0.25, 0.3) is 0 Å². The Bertz CT molecular complexity index is 1120. The molecule has 2 aliphatic rings. The Balaban J connectivity index is 1.38. The van der Waals surface area contributed by atoms with E-state index in [0.29, 0.717) is 42.9 Å². The van der Waals surface area contributed by atoms with E-state index in [2.05, 4.69) is 41.1 Å². The standard InChI is InChI=1S/C33H49ClN6O2/c1-25(2)24-40(39-19-17-37(3)18-20-39)30-13-15-38(16-14-30)33(42)31(22-27-9-11-28(34)12-10-27)36-32(41)23-29(35)21-26-7-5-4-6-8-26/h4-12,25,29-31H,13-24,35H2,1-3H3,(H,36,41)/t29-,31-/m1/s1. The summed E-state index contributed by atoms with van der Waals surface area (Å²) in [5.74, 6) is 0.346. The quantitative estimate of drug-likeness (QED) is 0.391. The lowest BCUT2D eigenvalue weighted by Gasteiger charge is -2.47. The van der Waals surface area contributed by atoms with E-state index in [1.165, 1.54) is 0 Å². The summed E-state index contributed by atoms with van der Waals surface area (Å²) in [6.45, 7) is 11.2. The van der Waals surface area contributed by atoms with Gasteiger partial charge in [0.15, 0.2) is 0 Å². The Hall–Kier alpha value is -2.49. The SMILES string of the molecule is CC(C)CN(C1CCN(C(=O)[C@@H](Cc2ccc(Cl)cc2)NC(=O)C[C@H](N)Cc2ccccc2)CC1)N1CCN(C)CC1. The lowest BCUT2D eigenvalue weighted by molar-refractivity contribution is -0.140. The van der Waals surface area contributed by atoms with E-state index in [4.69, 9.17) is 17.3 Å². The van der Waals surface area contributed by atoms with Crippen LogP contribution in [0.25, 0.3) is 0 Å². The fraction of sp³-hybridized carbons (Fsp3) is 0.576. The van der Waals surface area contributed by atoms with Crippen molar-refractivity contribution in [3.8, 4) is 0 Å². The van der Waals surface area contributed by atoms with Crippen LogP contribution in [0.4, 0.5) is 0 Å². The van der Waals surface area contributed by atoms with Gasteiger partial charge in [-0.3, -0.25) is 9.59 Å². The Kier molecular flexibility index (Phi) is 12.2. The summed E-state index contributed by atoms with van der Waals surface area (Å²) in [5.41, 5.74) is 8.39. The minimum Gasteiger partial charge on any atom is -0.344 e. The van der Waals surface area contributed by atoms with Gasteiger partial charge in [-0.1, -0.05) is 67.9 Å². The van der Waals surface area contributed by atoms with Crippen molar-refractivity contribution in [1.29, 1.82) is 0 Å². The average molecular weight is 597 g/mol. The molecule has 3 N–H and O–H groups in total. The van der Waals surface area contributed by atoms with Crippen LogP contribution in [0.2, 0.25) is 5.02 Å². The lowest BCUT2D eigenvalue weighted by atomic mass is 9.99. The number of likely N-dealkylation sites (N-methyl/N-ethyl adjacent to an activating group) is 1. The number of halogens is 1. The van der Waals surface area contributed by atoms with E-state index < -0.39 is 6.04 Å². The second-order valence-corrected chi connectivity index (χ2v) is 12.9. The molecule has 2 aromatic carbocycles. The van der Waals surface area contributed by atoms with Gasteiger partial charge in [0.2, 0.25) is 11.8 Å². The van der Waals surface area contributed by atoms with Crippen LogP contribution in [0.1, 0.15) is 44.2 Å². The number of nitrogens with two attached hydrogens (primary N) is 1. The molecule has 0 aliphatic carbocycles. The van der Waals surface area contributed by atoms with Crippen molar-refractivity contribution >= 4 is 23.4 Å². The topological polar surface area (TPSA) is 85.1 Å². The zero-order chi connectivity index (χ0) is 30.1. The summed E-state index contributed by atoms with van der Waals surface area (Å²) in [6, 6.07) is 16.9. The smallest absolute Gasteiger partial charge is 0.245 e. The van der Waals surface area contributed by atoms with Gasteiger partial charge in [0.1, 0.15) is 6.04 Å². The first-order valence-electron chi connectivity index (χ1n) is 15.5. The third kappa shape index (κ3) is 9.78. The van der Waals surface area contributed by atoms with Crippen LogP contribution in [0, 0.1) is 5.92 Å². The van der Waals surface area contributed by atoms with Crippen molar-refractivity contribution in [3.63, 3.8) is 0 Å². The molecule has 8 nitrogen and oxygen atoms in total. The normalized spacial score (nSPS) is 18.8. The number of piperazine rings is 1. The molecule has 0 spiro atoms. The predicted molar refractivity (Wildman–Crippen MR) is 170 cm³/mol. The lowest BCUT2D eigenvalue weighted by Crippen LogP contribution is -2.60. The number of benzene rings is 2. The van der Waals surface area contributed by atoms with E-state index in [0.717, 1.165) is 56.7 Å². The summed E-state index contributed by atoms with van der Waals surface area (Å²) in [5, 5.41) is 8.80. The second-order valence-electron chi connectivity index (χ2n) is 12.4. The van der Waals surface area contributed by atoms with Gasteiger partial charge in [-0.25, -0.2) is 10.0 Å². The molecule has 2 amide bonds. The largest absolute Gasteiger partial charge is 0.344 e. The number of likely N-dealkylation sites (tertiary alicyclic amines) is 1. The number of amides is 2. The third-order valence-corrected chi connectivity index (χ3v) is 8.62. The zero-order valence-corrected chi connectivity index (χ0v) is 26.3. The van der Waals surface area contributed by atoms with Gasteiger partial charge < -0.3 is 20.9 Å². The summed E-state index contributed by atoms with van der Waals surface area (Å²) in [7, 11) is 2.18. The van der Waals surface area contributed by atoms with Crippen molar-refractivity contribution in [2.24, 2.45) is 11.7 Å². The molecule has 2 heterocycles. The van der Waals surface area contributed by atoms with Crippen LogP contribution in [0.15, 0.2) is 54.6 Å². The number of piperidine rings is 1. The predicted octanol–water partition coefficient (Wildman–Crippen LogP) is 3.44. The number of rotatable bonds is 12. The van der Waals surface area contributed by atoms with Crippen LogP contribution in [-0.4, -0.2) is 103 Å². The first-order chi connectivity index (χ1) is 20.2. The molecule has 230 valence electrons. The maximum absolute atomic E-state index is 13.9. The van der Waals surface area contributed by atoms with Gasteiger partial charge >= 0.3 is 0 Å². The summed E-state index contributed by atoms with van der Waals surface area (Å²) >= 11 is 6.11. The van der Waals surface area contributed by atoms with Crippen LogP contribution in [-0.2, 0) is 22.4 Å². The van der Waals surface area contributed by atoms with Gasteiger partial charge in [-0.2, -0.15) is 0 Å². The van der Waals surface area contributed by atoms with Gasteiger partial charge in [-0.15, -0.1) is 0 Å². The fourth-order valence-electron chi connectivity index (χ4n) is 6.06. The van der Waals surface area contributed by atoms with E-state index in [-0.39, 0.29) is 24.3 Å². The number of carbonyl (C=O) groups excluding carboxylic acids is 2. The van der Waals surface area contributed by atoms with Crippen LogP contribution in [0.3, 0.4) is 0 Å². The summed E-state index contributed by atoms with van der Waals surface area (Å²) in [6.07, 6.45) is 3.04. The molecule has 2 aliphatic heterocycles. The average Bonchev–Trinajstić information content (AvgIpc) is 2.97. The molecule has 2 atom stereocenters. The number of hydrazine groups is 1. The number of nitrogens with zero attached hydrogens (tertiary/aromatic N) is 4. The van der Waals surface area contributed by atoms with Gasteiger partial charge in [-0.05, 0) is 55.5 Å². The molecular formula is C33H49ClN6O2. The van der Waals surface area contributed by atoms with E-state index >= 15 is 0 Å². The fourth-order valence-corrected chi connectivity index (χ4v) is 6.19. The van der Waals surface area contributed by atoms with Crippen molar-refractivity contribution in [3.05, 3.63) is 70.7 Å². The Morgan fingerprint density at radius 1 is 0.929 bits per heavy atom. The molecule has 4 rings (SSSR count). The van der Waals surface area contributed by atoms with Crippen molar-refractivity contribution in [1.82, 2.24) is 25.1 Å². The number of nitrogens with one attached hydrogen (secondary N) is 1. The molecular weight excluding hydrogens is 548 g/mol. The molecule has 2 fully saturated rings. The minimum absolute atomic E-state index is 0.0246. The van der Waals surface area contributed by atoms with Crippen LogP contribution >= 0.6 is 11.6 Å². The highest BCUT2D eigenvalue weighted by atomic mass is 35.5. The van der Waals surface area contributed by atoms with Crippen LogP contribution < -0.4 is 11.1 Å². The highest BCUT2D eigenvalue weighted by Gasteiger charge is 2.34. The Morgan fingerprint density at radius 3 is 2.17 bits per heavy atom. The van der Waals surface area contributed by atoms with E-state index in [1.54, 1.807) is 0 Å². The van der Waals surface area contributed by atoms with Crippen molar-refractivity contribution in [2.75, 3.05) is 52.9 Å². The molecule has 2 aromatic rings. The second kappa shape index (κ2) is 15.8. The number of hydrogen-bond acceptors (Lipinski definition) is 6. The molecule has 0 saturated carbocycles. The van der Waals surface area contributed by atoms with E-state index in [9.17, 15) is 9.59 Å². The molecule has 0 radical (unpaired) electrons. The molecule has 9 heteroatoms. The number of hydrogen-bond donors (Lipinski definition) is 2. The van der Waals surface area contributed by atoms with Gasteiger partial charge in [0.05, 0.1) is 0 Å². The first kappa shape index (κ1) is 32.4. The third-order valence-electron chi connectivity index (χ3n) is 8.37. The highest BCUT2D eigenvalue weighted by Crippen LogP contribution is 2.22. The molecule has 0 bridgehead atoms.